The van der Waals surface area contributed by atoms with Crippen molar-refractivity contribution < 1.29 is 14.6 Å². The first kappa shape index (κ1) is 24.2. The summed E-state index contributed by atoms with van der Waals surface area (Å²) in [6, 6.07) is 19.5. The number of carboxylic acid groups (broad SMARTS) is 1. The van der Waals surface area contributed by atoms with Crippen LogP contribution >= 0.6 is 0 Å². The van der Waals surface area contributed by atoms with Crippen LogP contribution in [0.25, 0.3) is 16.6 Å². The number of hydrogen-bond donors (Lipinski definition) is 2. The number of aromatic amines is 1. The molecule has 2 unspecified atom stereocenters. The molecule has 0 bridgehead atoms. The maximum atomic E-state index is 12.0. The number of nitrogens with one attached hydrogen (secondary N) is 1. The Balaban J connectivity index is 1.11. The topological polar surface area (TPSA) is 78.4 Å². The molecule has 2 aromatic carbocycles. The zero-order valence-corrected chi connectivity index (χ0v) is 22.0. The van der Waals surface area contributed by atoms with Gasteiger partial charge in [-0.2, -0.15) is 0 Å². The second-order valence-corrected chi connectivity index (χ2v) is 11.2. The Morgan fingerprint density at radius 1 is 1.03 bits per heavy atom. The van der Waals surface area contributed by atoms with Gasteiger partial charge in [-0.15, -0.1) is 0 Å². The van der Waals surface area contributed by atoms with Crippen LogP contribution in [0.4, 0.5) is 0 Å². The lowest BCUT2D eigenvalue weighted by molar-refractivity contribution is 0.0694. The molecule has 6 heteroatoms. The molecule has 2 atom stereocenters. The minimum absolute atomic E-state index is 0.149. The lowest BCUT2D eigenvalue weighted by atomic mass is 9.88. The average Bonchev–Trinajstić information content (AvgIpc) is 3.50. The summed E-state index contributed by atoms with van der Waals surface area (Å²) in [6.45, 7) is 1.17. The molecule has 2 aliphatic carbocycles. The fraction of sp³-hybridized carbons (Fsp3) is 0.333. The van der Waals surface area contributed by atoms with Crippen LogP contribution in [-0.2, 0) is 0 Å². The largest absolute Gasteiger partial charge is 0.478 e. The van der Waals surface area contributed by atoms with E-state index in [-0.39, 0.29) is 5.56 Å². The van der Waals surface area contributed by atoms with Crippen molar-refractivity contribution in [2.24, 2.45) is 0 Å². The first-order valence-electron chi connectivity index (χ1n) is 14.2. The smallest absolute Gasteiger partial charge is 0.339 e. The first-order valence-corrected chi connectivity index (χ1v) is 14.2. The highest BCUT2D eigenvalue weighted by Gasteiger charge is 2.36. The molecule has 1 saturated heterocycles. The summed E-state index contributed by atoms with van der Waals surface area (Å²) in [5.74, 6) is 0.630. The molecule has 3 heterocycles. The lowest BCUT2D eigenvalue weighted by Crippen LogP contribution is -2.36. The van der Waals surface area contributed by atoms with Gasteiger partial charge in [-0.25, -0.2) is 9.78 Å². The van der Waals surface area contributed by atoms with Gasteiger partial charge in [0.15, 0.2) is 0 Å². The van der Waals surface area contributed by atoms with E-state index in [9.17, 15) is 9.90 Å². The molecule has 2 N–H and O–H groups in total. The maximum Gasteiger partial charge on any atom is 0.339 e. The Bertz CT molecular complexity index is 1570. The molecule has 6 nitrogen and oxygen atoms in total. The predicted octanol–water partition coefficient (Wildman–Crippen LogP) is 7.70. The van der Waals surface area contributed by atoms with Gasteiger partial charge in [-0.05, 0) is 104 Å². The van der Waals surface area contributed by atoms with Gasteiger partial charge < -0.3 is 14.8 Å². The van der Waals surface area contributed by atoms with Crippen LogP contribution in [0.1, 0.15) is 84.0 Å². The number of nitrogens with zero attached hydrogens (tertiary/aromatic N) is 2. The number of benzene rings is 2. The zero-order chi connectivity index (χ0) is 26.3. The number of carbonyl (C=O) groups is 1. The van der Waals surface area contributed by atoms with Crippen molar-refractivity contribution in [1.82, 2.24) is 14.9 Å². The Labute approximate surface area is 228 Å². The van der Waals surface area contributed by atoms with Crippen LogP contribution in [-0.4, -0.2) is 38.5 Å². The predicted molar refractivity (Wildman–Crippen MR) is 152 cm³/mol. The monoisotopic (exact) mass is 519 g/mol. The molecule has 4 aromatic rings. The molecule has 7 rings (SSSR count). The summed E-state index contributed by atoms with van der Waals surface area (Å²) in [7, 11) is 0. The van der Waals surface area contributed by atoms with E-state index in [4.69, 9.17) is 4.74 Å². The number of ether oxygens (including phenoxy) is 1. The molecule has 2 fully saturated rings. The molecular weight excluding hydrogens is 486 g/mol. The lowest BCUT2D eigenvalue weighted by Gasteiger charge is -2.36. The molecule has 39 heavy (non-hydrogen) atoms. The van der Waals surface area contributed by atoms with E-state index in [1.165, 1.54) is 37.8 Å². The van der Waals surface area contributed by atoms with Crippen molar-refractivity contribution in [3.05, 3.63) is 95.3 Å². The van der Waals surface area contributed by atoms with Crippen molar-refractivity contribution in [3.63, 3.8) is 0 Å². The van der Waals surface area contributed by atoms with Gasteiger partial charge in [0, 0.05) is 23.7 Å². The molecule has 3 aliphatic rings. The van der Waals surface area contributed by atoms with E-state index in [0.717, 1.165) is 41.8 Å². The molecule has 1 aliphatic heterocycles. The minimum atomic E-state index is -1.00. The molecule has 1 saturated carbocycles. The van der Waals surface area contributed by atoms with Crippen LogP contribution in [0.3, 0.4) is 0 Å². The molecule has 0 amide bonds. The van der Waals surface area contributed by atoms with E-state index >= 15 is 0 Å². The summed E-state index contributed by atoms with van der Waals surface area (Å²) in [5, 5.41) is 10.7. The van der Waals surface area contributed by atoms with E-state index in [1.54, 1.807) is 23.4 Å². The summed E-state index contributed by atoms with van der Waals surface area (Å²) < 4.78 is 6.09. The van der Waals surface area contributed by atoms with Crippen LogP contribution in [0.5, 0.6) is 11.5 Å². The molecule has 198 valence electrons. The zero-order valence-electron chi connectivity index (χ0n) is 22.0. The van der Waals surface area contributed by atoms with Crippen molar-refractivity contribution in [1.29, 1.82) is 0 Å². The highest BCUT2D eigenvalue weighted by Crippen LogP contribution is 2.47. The average molecular weight is 520 g/mol. The Kier molecular flexibility index (Phi) is 6.20. The summed E-state index contributed by atoms with van der Waals surface area (Å²) in [4.78, 5) is 22.2. The highest BCUT2D eigenvalue weighted by molar-refractivity contribution is 5.92. The van der Waals surface area contributed by atoms with Crippen molar-refractivity contribution in [3.8, 4) is 11.5 Å². The molecular formula is C33H33N3O3. The number of allylic oxidation sites excluding steroid dienone is 1. The van der Waals surface area contributed by atoms with E-state index in [0.29, 0.717) is 23.6 Å². The Hall–Kier alpha value is -3.90. The summed E-state index contributed by atoms with van der Waals surface area (Å²) >= 11 is 0. The number of rotatable bonds is 7. The Morgan fingerprint density at radius 2 is 1.90 bits per heavy atom. The quantitative estimate of drug-likeness (QED) is 0.261. The van der Waals surface area contributed by atoms with Gasteiger partial charge in [0.1, 0.15) is 22.7 Å². The van der Waals surface area contributed by atoms with E-state index in [2.05, 4.69) is 45.2 Å². The summed E-state index contributed by atoms with van der Waals surface area (Å²) in [6.07, 6.45) is 14.1. The number of hydrogen-bond acceptors (Lipinski definition) is 4. The second-order valence-electron chi connectivity index (χ2n) is 11.2. The van der Waals surface area contributed by atoms with Gasteiger partial charge >= 0.3 is 5.97 Å². The number of pyridine rings is 1. The number of aromatic nitrogens is 2. The van der Waals surface area contributed by atoms with E-state index in [1.807, 2.05) is 30.5 Å². The van der Waals surface area contributed by atoms with Gasteiger partial charge in [0.05, 0.1) is 6.20 Å². The SMILES string of the molecule is O=C(O)c1ccc(C2=CCC(N3CCCC3c3ccccc3C3CC3)CC2)cc1Oc1cnc2[nH]ccc2c1. The van der Waals surface area contributed by atoms with E-state index < -0.39 is 5.97 Å². The third kappa shape index (κ3) is 4.74. The third-order valence-corrected chi connectivity index (χ3v) is 8.70. The van der Waals surface area contributed by atoms with Gasteiger partial charge in [-0.3, -0.25) is 4.90 Å². The number of carboxylic acids is 1. The number of aromatic carboxylic acids is 1. The van der Waals surface area contributed by atoms with Crippen molar-refractivity contribution >= 4 is 22.6 Å². The minimum Gasteiger partial charge on any atom is -0.478 e. The molecule has 0 spiro atoms. The Morgan fingerprint density at radius 3 is 2.69 bits per heavy atom. The van der Waals surface area contributed by atoms with Gasteiger partial charge in [0.25, 0.3) is 0 Å². The number of fused-ring (bicyclic) bond motifs is 1. The second kappa shape index (κ2) is 10.0. The van der Waals surface area contributed by atoms with Crippen LogP contribution in [0.2, 0.25) is 0 Å². The molecule has 2 aromatic heterocycles. The highest BCUT2D eigenvalue weighted by atomic mass is 16.5. The van der Waals surface area contributed by atoms with Gasteiger partial charge in [0.2, 0.25) is 0 Å². The number of H-pyrrole nitrogens is 1. The first-order chi connectivity index (χ1) is 19.1. The van der Waals surface area contributed by atoms with Crippen molar-refractivity contribution in [2.45, 2.75) is 62.9 Å². The standard InChI is InChI=1S/C33H33N3O3/c37-33(38)29-14-11-23(19-31(29)39-26-18-24-15-16-34-32(24)35-20-26)21-9-12-25(13-10-21)36-17-3-6-30(36)28-5-2-1-4-27(28)22-7-8-22/h1-2,4-5,9,11,14-16,18-20,22,25,30H,3,6-8,10,12-13,17H2,(H,34,35)(H,37,38). The number of likely N-dealkylation sites (tertiary alicyclic amines) is 1. The van der Waals surface area contributed by atoms with Crippen LogP contribution in [0, 0.1) is 0 Å². The maximum absolute atomic E-state index is 12.0. The van der Waals surface area contributed by atoms with Crippen LogP contribution in [0.15, 0.2) is 73.1 Å². The fourth-order valence-corrected chi connectivity index (χ4v) is 6.61. The van der Waals surface area contributed by atoms with Crippen molar-refractivity contribution in [2.75, 3.05) is 6.54 Å². The fourth-order valence-electron chi connectivity index (χ4n) is 6.61. The summed E-state index contributed by atoms with van der Waals surface area (Å²) in [5.41, 5.74) is 6.36. The molecule has 0 radical (unpaired) electrons. The normalized spacial score (nSPS) is 21.7. The van der Waals surface area contributed by atoms with Crippen LogP contribution < -0.4 is 4.74 Å². The third-order valence-electron chi connectivity index (χ3n) is 8.70. The van der Waals surface area contributed by atoms with Gasteiger partial charge in [-0.1, -0.05) is 36.4 Å².